The summed E-state index contributed by atoms with van der Waals surface area (Å²) in [5.74, 6) is 1.62. The van der Waals surface area contributed by atoms with Crippen molar-refractivity contribution in [2.75, 3.05) is 0 Å². The molecule has 0 radical (unpaired) electrons. The quantitative estimate of drug-likeness (QED) is 0.491. The zero-order chi connectivity index (χ0) is 18.7. The number of hydrogen-bond acceptors (Lipinski definition) is 3. The van der Waals surface area contributed by atoms with Gasteiger partial charge in [0.25, 0.3) is 0 Å². The molecule has 0 amide bonds. The Hall–Kier alpha value is -2.55. The van der Waals surface area contributed by atoms with Crippen LogP contribution in [0.15, 0.2) is 66.2 Å². The predicted octanol–water partition coefficient (Wildman–Crippen LogP) is 5.76. The van der Waals surface area contributed by atoms with Crippen molar-refractivity contribution in [2.24, 2.45) is 17.3 Å². The number of ether oxygens (including phenoxy) is 2. The molecule has 1 aliphatic carbocycles. The van der Waals surface area contributed by atoms with Gasteiger partial charge in [-0.15, -0.1) is 0 Å². The van der Waals surface area contributed by atoms with E-state index in [1.807, 2.05) is 54.6 Å². The van der Waals surface area contributed by atoms with Crippen LogP contribution in [0.1, 0.15) is 33.3 Å². The maximum atomic E-state index is 12.5. The van der Waals surface area contributed by atoms with Gasteiger partial charge in [0.15, 0.2) is 0 Å². The summed E-state index contributed by atoms with van der Waals surface area (Å²) in [4.78, 5) is 12.5. The molecule has 3 rings (SSSR count). The first-order valence-corrected chi connectivity index (χ1v) is 9.01. The summed E-state index contributed by atoms with van der Waals surface area (Å²) in [5.41, 5.74) is 2.14. The summed E-state index contributed by atoms with van der Waals surface area (Å²) < 4.78 is 11.4. The molecule has 0 heterocycles. The Morgan fingerprint density at radius 1 is 1.04 bits per heavy atom. The number of hydrogen-bond donors (Lipinski definition) is 0. The summed E-state index contributed by atoms with van der Waals surface area (Å²) in [6.07, 6.45) is 2.18. The maximum Gasteiger partial charge on any atom is 0.310 e. The van der Waals surface area contributed by atoms with Gasteiger partial charge in [-0.25, -0.2) is 0 Å². The summed E-state index contributed by atoms with van der Waals surface area (Å²) in [5, 5.41) is 0. The highest BCUT2D eigenvalue weighted by atomic mass is 16.5. The van der Waals surface area contributed by atoms with E-state index in [1.54, 1.807) is 0 Å². The van der Waals surface area contributed by atoms with Crippen LogP contribution in [0.25, 0.3) is 0 Å². The number of allylic oxidation sites excluding steroid dienone is 2. The van der Waals surface area contributed by atoms with E-state index in [4.69, 9.17) is 9.47 Å². The van der Waals surface area contributed by atoms with E-state index in [1.165, 1.54) is 5.57 Å². The lowest BCUT2D eigenvalue weighted by Crippen LogP contribution is -2.10. The number of carbonyl (C=O) groups is 1. The average Bonchev–Trinajstić information content (AvgIpc) is 3.13. The summed E-state index contributed by atoms with van der Waals surface area (Å²) >= 11 is 0. The molecular weight excluding hydrogens is 324 g/mol. The number of rotatable bonds is 6. The molecule has 136 valence electrons. The summed E-state index contributed by atoms with van der Waals surface area (Å²) in [6, 6.07) is 17.3. The zero-order valence-electron chi connectivity index (χ0n) is 15.9. The van der Waals surface area contributed by atoms with E-state index in [2.05, 4.69) is 33.8 Å². The first kappa shape index (κ1) is 18.2. The molecule has 1 unspecified atom stereocenters. The fraction of sp³-hybridized carbons (Fsp3) is 0.348. The van der Waals surface area contributed by atoms with Crippen LogP contribution in [0.4, 0.5) is 0 Å². The molecule has 3 heteroatoms. The van der Waals surface area contributed by atoms with Crippen LogP contribution in [0.5, 0.6) is 11.5 Å². The van der Waals surface area contributed by atoms with Crippen molar-refractivity contribution in [1.82, 2.24) is 0 Å². The van der Waals surface area contributed by atoms with Gasteiger partial charge in [-0.3, -0.25) is 4.79 Å². The van der Waals surface area contributed by atoms with Gasteiger partial charge in [0.05, 0.1) is 5.92 Å². The zero-order valence-corrected chi connectivity index (χ0v) is 15.9. The van der Waals surface area contributed by atoms with Crippen molar-refractivity contribution >= 4 is 5.97 Å². The van der Waals surface area contributed by atoms with Crippen LogP contribution in [0.3, 0.4) is 0 Å². The Bertz CT molecular complexity index is 801. The SMILES string of the molecule is CC(C)=CC1[C@H](C(=O)OCc2cccc(Oc3ccccc3)c2)C1(C)C. The fourth-order valence-electron chi connectivity index (χ4n) is 3.37. The van der Waals surface area contributed by atoms with Gasteiger partial charge in [-0.2, -0.15) is 0 Å². The Morgan fingerprint density at radius 2 is 1.73 bits per heavy atom. The van der Waals surface area contributed by atoms with Crippen molar-refractivity contribution in [3.05, 3.63) is 71.8 Å². The lowest BCUT2D eigenvalue weighted by Gasteiger charge is -2.09. The highest BCUT2D eigenvalue weighted by Gasteiger charge is 2.61. The first-order chi connectivity index (χ1) is 12.4. The second-order valence-electron chi connectivity index (χ2n) is 7.74. The number of benzene rings is 2. The second kappa shape index (κ2) is 7.36. The van der Waals surface area contributed by atoms with E-state index in [0.29, 0.717) is 0 Å². The number of esters is 1. The highest BCUT2D eigenvalue weighted by molar-refractivity contribution is 5.78. The molecular formula is C23H26O3. The molecule has 0 spiro atoms. The Kier molecular flexibility index (Phi) is 5.17. The predicted molar refractivity (Wildman–Crippen MR) is 103 cm³/mol. The maximum absolute atomic E-state index is 12.5. The second-order valence-corrected chi connectivity index (χ2v) is 7.74. The summed E-state index contributed by atoms with van der Waals surface area (Å²) in [7, 11) is 0. The van der Waals surface area contributed by atoms with Crippen LogP contribution in [0.2, 0.25) is 0 Å². The minimum atomic E-state index is -0.119. The molecule has 1 aliphatic rings. The Balaban J connectivity index is 1.59. The third-order valence-electron chi connectivity index (χ3n) is 4.94. The molecule has 0 N–H and O–H groups in total. The lowest BCUT2D eigenvalue weighted by atomic mass is 10.1. The van der Waals surface area contributed by atoms with Crippen LogP contribution < -0.4 is 4.74 Å². The number of para-hydroxylation sites is 1. The molecule has 26 heavy (non-hydrogen) atoms. The third-order valence-corrected chi connectivity index (χ3v) is 4.94. The normalized spacial score (nSPS) is 20.2. The van der Waals surface area contributed by atoms with Gasteiger partial charge in [0.1, 0.15) is 18.1 Å². The van der Waals surface area contributed by atoms with E-state index >= 15 is 0 Å². The molecule has 0 aromatic heterocycles. The van der Waals surface area contributed by atoms with Gasteiger partial charge in [0.2, 0.25) is 0 Å². The van der Waals surface area contributed by atoms with Crippen molar-refractivity contribution in [3.63, 3.8) is 0 Å². The minimum Gasteiger partial charge on any atom is -0.461 e. The monoisotopic (exact) mass is 350 g/mol. The van der Waals surface area contributed by atoms with Crippen molar-refractivity contribution in [3.8, 4) is 11.5 Å². The molecule has 1 fully saturated rings. The molecule has 1 saturated carbocycles. The molecule has 3 nitrogen and oxygen atoms in total. The molecule has 2 atom stereocenters. The summed E-state index contributed by atoms with van der Waals surface area (Å²) in [6.45, 7) is 8.64. The standard InChI is InChI=1S/C23H26O3/c1-16(2)13-20-21(23(20,3)4)22(24)25-15-17-9-8-12-19(14-17)26-18-10-6-5-7-11-18/h5-14,20-21H,15H2,1-4H3/t20?,21-/m1/s1. The third kappa shape index (κ3) is 4.16. The van der Waals surface area contributed by atoms with Gasteiger partial charge < -0.3 is 9.47 Å². The first-order valence-electron chi connectivity index (χ1n) is 9.01. The smallest absolute Gasteiger partial charge is 0.310 e. The lowest BCUT2D eigenvalue weighted by molar-refractivity contribution is -0.147. The van der Waals surface area contributed by atoms with Gasteiger partial charge in [-0.1, -0.05) is 55.8 Å². The molecule has 0 saturated heterocycles. The molecule has 0 aliphatic heterocycles. The molecule has 2 aromatic carbocycles. The van der Waals surface area contributed by atoms with E-state index in [0.717, 1.165) is 17.1 Å². The van der Waals surface area contributed by atoms with E-state index in [9.17, 15) is 4.79 Å². The van der Waals surface area contributed by atoms with E-state index < -0.39 is 0 Å². The Morgan fingerprint density at radius 3 is 2.42 bits per heavy atom. The van der Waals surface area contributed by atoms with Crippen LogP contribution in [-0.2, 0) is 16.1 Å². The molecule has 2 aromatic rings. The van der Waals surface area contributed by atoms with Gasteiger partial charge in [0, 0.05) is 0 Å². The number of carbonyl (C=O) groups excluding carboxylic acids is 1. The highest BCUT2D eigenvalue weighted by Crippen LogP contribution is 2.59. The van der Waals surface area contributed by atoms with Gasteiger partial charge >= 0.3 is 5.97 Å². The Labute approximate surface area is 155 Å². The van der Waals surface area contributed by atoms with Crippen LogP contribution >= 0.6 is 0 Å². The van der Waals surface area contributed by atoms with Gasteiger partial charge in [-0.05, 0) is 55.0 Å². The minimum absolute atomic E-state index is 0.0212. The average molecular weight is 350 g/mol. The fourth-order valence-corrected chi connectivity index (χ4v) is 3.37. The van der Waals surface area contributed by atoms with Crippen molar-refractivity contribution < 1.29 is 14.3 Å². The topological polar surface area (TPSA) is 35.5 Å². The largest absolute Gasteiger partial charge is 0.461 e. The van der Waals surface area contributed by atoms with Crippen LogP contribution in [-0.4, -0.2) is 5.97 Å². The van der Waals surface area contributed by atoms with Crippen molar-refractivity contribution in [1.29, 1.82) is 0 Å². The molecule has 0 bridgehead atoms. The van der Waals surface area contributed by atoms with E-state index in [-0.39, 0.29) is 29.8 Å². The van der Waals surface area contributed by atoms with Crippen molar-refractivity contribution in [2.45, 2.75) is 34.3 Å². The van der Waals surface area contributed by atoms with Crippen LogP contribution in [0, 0.1) is 17.3 Å².